The summed E-state index contributed by atoms with van der Waals surface area (Å²) in [4.78, 5) is 27.1. The normalized spacial score (nSPS) is 10.6. The number of nitro groups is 1. The second-order valence-corrected chi connectivity index (χ2v) is 6.49. The molecular weight excluding hydrogens is 344 g/mol. The van der Waals surface area contributed by atoms with Crippen molar-refractivity contribution in [3.05, 3.63) is 69.5 Å². The molecule has 3 aromatic rings. The molecule has 1 amide bonds. The molecule has 0 spiro atoms. The molecule has 0 radical (unpaired) electrons. The van der Waals surface area contributed by atoms with Crippen molar-refractivity contribution in [3.8, 4) is 0 Å². The van der Waals surface area contributed by atoms with Crippen molar-refractivity contribution in [3.63, 3.8) is 0 Å². The molecule has 2 aromatic carbocycles. The molecule has 7 heteroatoms. The van der Waals surface area contributed by atoms with Gasteiger partial charge < -0.3 is 10.6 Å². The highest BCUT2D eigenvalue weighted by atomic mass is 16.6. The van der Waals surface area contributed by atoms with Crippen LogP contribution in [-0.4, -0.2) is 22.4 Å². The number of aromatic nitrogens is 1. The number of fused-ring (bicyclic) bond motifs is 1. The van der Waals surface area contributed by atoms with E-state index in [1.54, 1.807) is 18.3 Å². The fraction of sp³-hybridized carbons (Fsp3) is 0.200. The zero-order chi connectivity index (χ0) is 19.6. The molecule has 1 aromatic heterocycles. The molecule has 2 N–H and O–H groups in total. The average molecular weight is 364 g/mol. The molecular formula is C20H20N4O3. The number of nitrogens with zero attached hydrogens (tertiary/aromatic N) is 2. The van der Waals surface area contributed by atoms with E-state index in [1.165, 1.54) is 12.3 Å². The monoisotopic (exact) mass is 364 g/mol. The van der Waals surface area contributed by atoms with E-state index >= 15 is 0 Å². The van der Waals surface area contributed by atoms with Crippen LogP contribution in [-0.2, 0) is 4.79 Å². The van der Waals surface area contributed by atoms with Gasteiger partial charge in [0.2, 0.25) is 5.91 Å². The van der Waals surface area contributed by atoms with E-state index in [4.69, 9.17) is 0 Å². The summed E-state index contributed by atoms with van der Waals surface area (Å²) >= 11 is 0. The van der Waals surface area contributed by atoms with Gasteiger partial charge in [-0.2, -0.15) is 0 Å². The minimum Gasteiger partial charge on any atom is -0.376 e. The van der Waals surface area contributed by atoms with Crippen LogP contribution in [0.1, 0.15) is 16.7 Å². The number of aryl methyl sites for hydroxylation is 3. The first-order valence-corrected chi connectivity index (χ1v) is 8.49. The Hall–Kier alpha value is -3.48. The quantitative estimate of drug-likeness (QED) is 0.524. The molecule has 0 aliphatic rings. The van der Waals surface area contributed by atoms with Crippen molar-refractivity contribution in [2.75, 3.05) is 17.2 Å². The fourth-order valence-corrected chi connectivity index (χ4v) is 3.22. The minimum absolute atomic E-state index is 0.0148. The van der Waals surface area contributed by atoms with Crippen molar-refractivity contribution in [1.29, 1.82) is 0 Å². The Balaban J connectivity index is 1.79. The van der Waals surface area contributed by atoms with Crippen LogP contribution in [0.2, 0.25) is 0 Å². The number of benzene rings is 2. The second-order valence-electron chi connectivity index (χ2n) is 6.49. The van der Waals surface area contributed by atoms with Crippen LogP contribution in [0.5, 0.6) is 0 Å². The number of amides is 1. The van der Waals surface area contributed by atoms with Gasteiger partial charge in [0.05, 0.1) is 16.9 Å². The van der Waals surface area contributed by atoms with Gasteiger partial charge in [0, 0.05) is 35.2 Å². The number of hydrogen-bond acceptors (Lipinski definition) is 5. The SMILES string of the molecule is Cc1cc(C)c(NC(=O)CNc2ccc([N+](=O)[O-])c3cnccc23)c(C)c1. The third-order valence-electron chi connectivity index (χ3n) is 4.37. The maximum atomic E-state index is 12.4. The molecule has 0 unspecified atom stereocenters. The lowest BCUT2D eigenvalue weighted by molar-refractivity contribution is -0.383. The number of nitrogens with one attached hydrogen (secondary N) is 2. The van der Waals surface area contributed by atoms with Crippen LogP contribution < -0.4 is 10.6 Å². The summed E-state index contributed by atoms with van der Waals surface area (Å²) in [6, 6.07) is 8.76. The fourth-order valence-electron chi connectivity index (χ4n) is 3.22. The summed E-state index contributed by atoms with van der Waals surface area (Å²) < 4.78 is 0. The Labute approximate surface area is 156 Å². The predicted molar refractivity (Wildman–Crippen MR) is 106 cm³/mol. The van der Waals surface area contributed by atoms with E-state index in [1.807, 2.05) is 32.9 Å². The largest absolute Gasteiger partial charge is 0.376 e. The molecule has 0 saturated carbocycles. The molecule has 27 heavy (non-hydrogen) atoms. The maximum Gasteiger partial charge on any atom is 0.278 e. The highest BCUT2D eigenvalue weighted by Crippen LogP contribution is 2.30. The Morgan fingerprint density at radius 2 is 1.81 bits per heavy atom. The van der Waals surface area contributed by atoms with Crippen molar-refractivity contribution < 1.29 is 9.72 Å². The van der Waals surface area contributed by atoms with Gasteiger partial charge in [0.25, 0.3) is 5.69 Å². The zero-order valence-corrected chi connectivity index (χ0v) is 15.4. The average Bonchev–Trinajstić information content (AvgIpc) is 2.62. The highest BCUT2D eigenvalue weighted by Gasteiger charge is 2.15. The van der Waals surface area contributed by atoms with Gasteiger partial charge in [0.15, 0.2) is 0 Å². The van der Waals surface area contributed by atoms with Crippen LogP contribution in [0.4, 0.5) is 17.1 Å². The molecule has 0 fully saturated rings. The van der Waals surface area contributed by atoms with E-state index in [-0.39, 0.29) is 18.1 Å². The number of anilines is 2. The first kappa shape index (κ1) is 18.3. The van der Waals surface area contributed by atoms with Gasteiger partial charge in [-0.3, -0.25) is 19.9 Å². The van der Waals surface area contributed by atoms with Crippen molar-refractivity contribution in [2.45, 2.75) is 20.8 Å². The number of rotatable bonds is 5. The van der Waals surface area contributed by atoms with Gasteiger partial charge in [-0.1, -0.05) is 17.7 Å². The van der Waals surface area contributed by atoms with Crippen molar-refractivity contribution >= 4 is 33.7 Å². The minimum atomic E-state index is -0.441. The molecule has 0 aliphatic heterocycles. The summed E-state index contributed by atoms with van der Waals surface area (Å²) in [7, 11) is 0. The third kappa shape index (κ3) is 3.87. The van der Waals surface area contributed by atoms with Crippen LogP contribution in [0.15, 0.2) is 42.7 Å². The zero-order valence-electron chi connectivity index (χ0n) is 15.4. The van der Waals surface area contributed by atoms with Gasteiger partial charge >= 0.3 is 0 Å². The van der Waals surface area contributed by atoms with Crippen LogP contribution in [0, 0.1) is 30.9 Å². The summed E-state index contributed by atoms with van der Waals surface area (Å²) in [5.41, 5.74) is 4.60. The first-order chi connectivity index (χ1) is 12.9. The predicted octanol–water partition coefficient (Wildman–Crippen LogP) is 4.12. The lowest BCUT2D eigenvalue weighted by Crippen LogP contribution is -2.22. The lowest BCUT2D eigenvalue weighted by atomic mass is 10.1. The standard InChI is InChI=1S/C20H20N4O3/c1-12-8-13(2)20(14(3)9-12)23-19(25)11-22-17-4-5-18(24(26)27)16-10-21-7-6-15(16)17/h4-10,22H,11H2,1-3H3,(H,23,25). The second kappa shape index (κ2) is 7.41. The van der Waals surface area contributed by atoms with E-state index < -0.39 is 4.92 Å². The molecule has 0 saturated heterocycles. The molecule has 1 heterocycles. The van der Waals surface area contributed by atoms with Gasteiger partial charge in [-0.15, -0.1) is 0 Å². The summed E-state index contributed by atoms with van der Waals surface area (Å²) in [5, 5.41) is 18.2. The molecule has 7 nitrogen and oxygen atoms in total. The Kier molecular flexibility index (Phi) is 5.03. The van der Waals surface area contributed by atoms with Crippen LogP contribution in [0.3, 0.4) is 0 Å². The van der Waals surface area contributed by atoms with E-state index in [0.717, 1.165) is 22.4 Å². The highest BCUT2D eigenvalue weighted by molar-refractivity contribution is 6.01. The Morgan fingerprint density at radius 3 is 2.48 bits per heavy atom. The lowest BCUT2D eigenvalue weighted by Gasteiger charge is -2.14. The molecule has 3 rings (SSSR count). The molecule has 0 bridgehead atoms. The summed E-state index contributed by atoms with van der Waals surface area (Å²) in [6.07, 6.45) is 3.02. The van der Waals surface area contributed by atoms with Crippen molar-refractivity contribution in [2.24, 2.45) is 0 Å². The van der Waals surface area contributed by atoms with Crippen LogP contribution in [0.25, 0.3) is 10.8 Å². The topological polar surface area (TPSA) is 97.2 Å². The van der Waals surface area contributed by atoms with Gasteiger partial charge in [0.1, 0.15) is 0 Å². The summed E-state index contributed by atoms with van der Waals surface area (Å²) in [6.45, 7) is 5.98. The number of pyridine rings is 1. The van der Waals surface area contributed by atoms with Crippen LogP contribution >= 0.6 is 0 Å². The maximum absolute atomic E-state index is 12.4. The molecule has 0 atom stereocenters. The number of non-ortho nitro benzene ring substituents is 1. The number of nitro benzene ring substituents is 1. The Bertz CT molecular complexity index is 1020. The van der Waals surface area contributed by atoms with E-state index in [9.17, 15) is 14.9 Å². The Morgan fingerprint density at radius 1 is 1.11 bits per heavy atom. The van der Waals surface area contributed by atoms with E-state index in [2.05, 4.69) is 15.6 Å². The van der Waals surface area contributed by atoms with Gasteiger partial charge in [-0.25, -0.2) is 0 Å². The van der Waals surface area contributed by atoms with Crippen molar-refractivity contribution in [1.82, 2.24) is 4.98 Å². The number of carbonyl (C=O) groups excluding carboxylic acids is 1. The number of hydrogen-bond donors (Lipinski definition) is 2. The number of carbonyl (C=O) groups is 1. The first-order valence-electron chi connectivity index (χ1n) is 8.49. The van der Waals surface area contributed by atoms with E-state index in [0.29, 0.717) is 16.5 Å². The smallest absolute Gasteiger partial charge is 0.278 e. The molecule has 138 valence electrons. The van der Waals surface area contributed by atoms with Gasteiger partial charge in [-0.05, 0) is 44.0 Å². The third-order valence-corrected chi connectivity index (χ3v) is 4.37. The summed E-state index contributed by atoms with van der Waals surface area (Å²) in [5.74, 6) is -0.189. The molecule has 0 aliphatic carbocycles.